The van der Waals surface area contributed by atoms with Gasteiger partial charge in [0.25, 0.3) is 5.97 Å². The molecule has 0 spiro atoms. The summed E-state index contributed by atoms with van der Waals surface area (Å²) in [5, 5.41) is 7.42. The Balaban J connectivity index is 0.000000471. The number of hydrogen-bond acceptors (Lipinski definition) is 4. The average molecular weight is 327 g/mol. The number of carbonyl (C=O) groups is 1. The van der Waals surface area contributed by atoms with E-state index in [0.29, 0.717) is 5.92 Å². The van der Waals surface area contributed by atoms with Gasteiger partial charge in [0.05, 0.1) is 0 Å². The average Bonchev–Trinajstić information content (AvgIpc) is 2.95. The van der Waals surface area contributed by atoms with Crippen LogP contribution in [0.3, 0.4) is 0 Å². The van der Waals surface area contributed by atoms with Crippen LogP contribution in [0.5, 0.6) is 0 Å². The number of carboxylic acid groups (broad SMARTS) is 1. The zero-order chi connectivity index (χ0) is 17.5. The van der Waals surface area contributed by atoms with E-state index in [9.17, 15) is 0 Å². The van der Waals surface area contributed by atoms with Gasteiger partial charge in [-0.2, -0.15) is 0 Å². The van der Waals surface area contributed by atoms with E-state index < -0.39 is 5.97 Å². The molecule has 1 aliphatic rings. The third-order valence-electron chi connectivity index (χ3n) is 3.89. The highest BCUT2D eigenvalue weighted by molar-refractivity contribution is 5.62. The van der Waals surface area contributed by atoms with Crippen LogP contribution in [-0.2, 0) is 11.3 Å². The molecule has 24 heavy (non-hydrogen) atoms. The highest BCUT2D eigenvalue weighted by Gasteiger charge is 2.26. The van der Waals surface area contributed by atoms with Gasteiger partial charge in [-0.15, -0.1) is 0 Å². The van der Waals surface area contributed by atoms with Gasteiger partial charge in [0.1, 0.15) is 5.82 Å². The van der Waals surface area contributed by atoms with Gasteiger partial charge in [0.15, 0.2) is 0 Å². The highest BCUT2D eigenvalue weighted by atomic mass is 16.4. The predicted octanol–water partition coefficient (Wildman–Crippen LogP) is 3.17. The largest absolute Gasteiger partial charge is 0.481 e. The summed E-state index contributed by atoms with van der Waals surface area (Å²) >= 11 is 0. The summed E-state index contributed by atoms with van der Waals surface area (Å²) in [6, 6.07) is 12.7. The van der Waals surface area contributed by atoms with E-state index in [4.69, 9.17) is 9.90 Å². The van der Waals surface area contributed by atoms with Gasteiger partial charge < -0.3 is 5.11 Å². The van der Waals surface area contributed by atoms with Crippen LogP contribution in [0.4, 0.5) is 0 Å². The summed E-state index contributed by atoms with van der Waals surface area (Å²) < 4.78 is 0. The SMILES string of the molecule is CC(=O)O.Cc1cc(C)nc(C2CCN(Cc3ccccc3)C2)n1. The summed E-state index contributed by atoms with van der Waals surface area (Å²) in [6.07, 6.45) is 1.16. The maximum Gasteiger partial charge on any atom is 0.300 e. The lowest BCUT2D eigenvalue weighted by atomic mass is 10.1. The molecule has 1 saturated heterocycles. The Hall–Kier alpha value is -2.27. The van der Waals surface area contributed by atoms with E-state index in [1.807, 2.05) is 6.07 Å². The van der Waals surface area contributed by atoms with Crippen LogP contribution in [-0.4, -0.2) is 39.0 Å². The van der Waals surface area contributed by atoms with Crippen LogP contribution >= 0.6 is 0 Å². The molecule has 0 bridgehead atoms. The summed E-state index contributed by atoms with van der Waals surface area (Å²) in [7, 11) is 0. The van der Waals surface area contributed by atoms with Crippen molar-refractivity contribution in [2.24, 2.45) is 0 Å². The fourth-order valence-corrected chi connectivity index (χ4v) is 2.96. The quantitative estimate of drug-likeness (QED) is 0.938. The number of carboxylic acids is 1. The minimum Gasteiger partial charge on any atom is -0.481 e. The van der Waals surface area contributed by atoms with Crippen LogP contribution in [0.15, 0.2) is 36.4 Å². The van der Waals surface area contributed by atoms with E-state index >= 15 is 0 Å². The number of aryl methyl sites for hydroxylation is 2. The summed E-state index contributed by atoms with van der Waals surface area (Å²) in [5.74, 6) is 0.676. The van der Waals surface area contributed by atoms with Crippen molar-refractivity contribution in [1.82, 2.24) is 14.9 Å². The van der Waals surface area contributed by atoms with Crippen molar-refractivity contribution in [3.8, 4) is 0 Å². The second-order valence-corrected chi connectivity index (χ2v) is 6.23. The minimum absolute atomic E-state index is 0.484. The monoisotopic (exact) mass is 327 g/mol. The van der Waals surface area contributed by atoms with Crippen LogP contribution in [0.1, 0.15) is 42.0 Å². The van der Waals surface area contributed by atoms with Crippen molar-refractivity contribution in [2.75, 3.05) is 13.1 Å². The van der Waals surface area contributed by atoms with Crippen molar-refractivity contribution in [3.05, 3.63) is 59.2 Å². The van der Waals surface area contributed by atoms with Crippen LogP contribution in [0.25, 0.3) is 0 Å². The van der Waals surface area contributed by atoms with E-state index in [0.717, 1.165) is 50.2 Å². The molecule has 1 fully saturated rings. The molecule has 2 aromatic rings. The fourth-order valence-electron chi connectivity index (χ4n) is 2.96. The molecule has 0 saturated carbocycles. The smallest absolute Gasteiger partial charge is 0.300 e. The second-order valence-electron chi connectivity index (χ2n) is 6.23. The molecule has 128 valence electrons. The van der Waals surface area contributed by atoms with Crippen molar-refractivity contribution in [2.45, 2.75) is 39.7 Å². The third-order valence-corrected chi connectivity index (χ3v) is 3.89. The molecular weight excluding hydrogens is 302 g/mol. The zero-order valence-corrected chi connectivity index (χ0v) is 14.6. The first-order valence-corrected chi connectivity index (χ1v) is 8.22. The molecule has 0 amide bonds. The van der Waals surface area contributed by atoms with Crippen LogP contribution in [0.2, 0.25) is 0 Å². The normalized spacial score (nSPS) is 17.2. The van der Waals surface area contributed by atoms with Gasteiger partial charge >= 0.3 is 0 Å². The lowest BCUT2D eigenvalue weighted by molar-refractivity contribution is -0.134. The Morgan fingerprint density at radius 2 is 1.79 bits per heavy atom. The molecule has 3 rings (SSSR count). The summed E-state index contributed by atoms with van der Waals surface area (Å²) in [6.45, 7) is 8.42. The van der Waals surface area contributed by atoms with Crippen molar-refractivity contribution < 1.29 is 9.90 Å². The predicted molar refractivity (Wildman–Crippen MR) is 93.9 cm³/mol. The Morgan fingerprint density at radius 3 is 2.38 bits per heavy atom. The fraction of sp³-hybridized carbons (Fsp3) is 0.421. The van der Waals surface area contributed by atoms with E-state index in [1.165, 1.54) is 5.56 Å². The Bertz CT molecular complexity index is 649. The lowest BCUT2D eigenvalue weighted by Gasteiger charge is -2.16. The molecular formula is C19H25N3O2. The summed E-state index contributed by atoms with van der Waals surface area (Å²) in [5.41, 5.74) is 3.54. The topological polar surface area (TPSA) is 66.3 Å². The molecule has 1 unspecified atom stereocenters. The second kappa shape index (κ2) is 8.55. The lowest BCUT2D eigenvalue weighted by Crippen LogP contribution is -2.20. The maximum absolute atomic E-state index is 9.00. The molecule has 1 aromatic carbocycles. The van der Waals surface area contributed by atoms with Crippen molar-refractivity contribution >= 4 is 5.97 Å². The van der Waals surface area contributed by atoms with E-state index in [2.05, 4.69) is 59.0 Å². The first-order chi connectivity index (χ1) is 11.4. The number of likely N-dealkylation sites (tertiary alicyclic amines) is 1. The maximum atomic E-state index is 9.00. The number of rotatable bonds is 3. The molecule has 5 heteroatoms. The molecule has 0 radical (unpaired) electrons. The number of hydrogen-bond donors (Lipinski definition) is 1. The van der Waals surface area contributed by atoms with Gasteiger partial charge in [-0.05, 0) is 38.4 Å². The molecule has 2 heterocycles. The van der Waals surface area contributed by atoms with Gasteiger partial charge in [0.2, 0.25) is 0 Å². The van der Waals surface area contributed by atoms with Crippen molar-refractivity contribution in [3.63, 3.8) is 0 Å². The number of aromatic nitrogens is 2. The van der Waals surface area contributed by atoms with Crippen LogP contribution in [0, 0.1) is 13.8 Å². The third kappa shape index (κ3) is 5.74. The van der Waals surface area contributed by atoms with Gasteiger partial charge in [-0.3, -0.25) is 9.69 Å². The Labute approximate surface area is 143 Å². The first kappa shape index (κ1) is 18.1. The Kier molecular flexibility index (Phi) is 6.44. The number of benzene rings is 1. The molecule has 1 N–H and O–H groups in total. The number of nitrogens with zero attached hydrogens (tertiary/aromatic N) is 3. The highest BCUT2D eigenvalue weighted by Crippen LogP contribution is 2.26. The van der Waals surface area contributed by atoms with Crippen LogP contribution < -0.4 is 0 Å². The van der Waals surface area contributed by atoms with Gasteiger partial charge in [0, 0.05) is 37.3 Å². The molecule has 1 aromatic heterocycles. The van der Waals surface area contributed by atoms with Gasteiger partial charge in [-0.25, -0.2) is 9.97 Å². The minimum atomic E-state index is -0.833. The first-order valence-electron chi connectivity index (χ1n) is 8.22. The molecule has 1 aliphatic heterocycles. The van der Waals surface area contributed by atoms with Gasteiger partial charge in [-0.1, -0.05) is 30.3 Å². The zero-order valence-electron chi connectivity index (χ0n) is 14.6. The molecule has 1 atom stereocenters. The van der Waals surface area contributed by atoms with E-state index in [1.54, 1.807) is 0 Å². The summed E-state index contributed by atoms with van der Waals surface area (Å²) in [4.78, 5) is 20.7. The number of aliphatic carboxylic acids is 1. The standard InChI is InChI=1S/C17H21N3.C2H4O2/c1-13-10-14(2)19-17(18-13)16-8-9-20(12-16)11-15-6-4-3-5-7-15;1-2(3)4/h3-7,10,16H,8-9,11-12H2,1-2H3;1H3,(H,3,4). The van der Waals surface area contributed by atoms with E-state index in [-0.39, 0.29) is 0 Å². The Morgan fingerprint density at radius 1 is 1.21 bits per heavy atom. The molecule has 5 nitrogen and oxygen atoms in total. The van der Waals surface area contributed by atoms with Crippen molar-refractivity contribution in [1.29, 1.82) is 0 Å². The molecule has 0 aliphatic carbocycles.